The molecule has 4 nitrogen and oxygen atoms in total. The highest BCUT2D eigenvalue weighted by Gasteiger charge is 2.29. The van der Waals surface area contributed by atoms with Crippen molar-refractivity contribution in [1.29, 1.82) is 0 Å². The van der Waals surface area contributed by atoms with Gasteiger partial charge >= 0.3 is 5.97 Å². The van der Waals surface area contributed by atoms with Gasteiger partial charge in [0.05, 0.1) is 6.42 Å². The Morgan fingerprint density at radius 1 is 1.53 bits per heavy atom. The van der Waals surface area contributed by atoms with Crippen molar-refractivity contribution in [1.82, 2.24) is 10.2 Å². The van der Waals surface area contributed by atoms with Gasteiger partial charge in [0.25, 0.3) is 0 Å². The Morgan fingerprint density at radius 2 is 2.18 bits per heavy atom. The minimum absolute atomic E-state index is 0.0769. The molecule has 100 valence electrons. The van der Waals surface area contributed by atoms with Crippen LogP contribution in [0.3, 0.4) is 0 Å². The first-order chi connectivity index (χ1) is 7.78. The van der Waals surface area contributed by atoms with Crippen LogP contribution in [0.25, 0.3) is 0 Å². The molecule has 0 aromatic heterocycles. The Bertz CT molecular complexity index is 264. The first-order valence-corrected chi connectivity index (χ1v) is 6.46. The summed E-state index contributed by atoms with van der Waals surface area (Å²) in [6.45, 7) is 12.7. The summed E-state index contributed by atoms with van der Waals surface area (Å²) in [5, 5.41) is 12.3. The van der Waals surface area contributed by atoms with E-state index in [-0.39, 0.29) is 17.9 Å². The number of nitrogens with zero attached hydrogens (tertiary/aromatic N) is 1. The molecule has 1 unspecified atom stereocenters. The molecule has 1 fully saturated rings. The predicted molar refractivity (Wildman–Crippen MR) is 69.1 cm³/mol. The van der Waals surface area contributed by atoms with E-state index in [1.54, 1.807) is 0 Å². The van der Waals surface area contributed by atoms with E-state index >= 15 is 0 Å². The summed E-state index contributed by atoms with van der Waals surface area (Å²) in [5.41, 5.74) is 0.210. The fourth-order valence-electron chi connectivity index (χ4n) is 2.53. The Labute approximate surface area is 104 Å². The topological polar surface area (TPSA) is 52.6 Å². The molecule has 0 aliphatic carbocycles. The summed E-state index contributed by atoms with van der Waals surface area (Å²) < 4.78 is 0. The quantitative estimate of drug-likeness (QED) is 0.783. The molecular formula is C13H26N2O2. The highest BCUT2D eigenvalue weighted by Crippen LogP contribution is 2.20. The molecule has 0 radical (unpaired) electrons. The van der Waals surface area contributed by atoms with E-state index in [0.717, 1.165) is 26.2 Å². The van der Waals surface area contributed by atoms with Crippen molar-refractivity contribution in [2.75, 3.05) is 26.2 Å². The van der Waals surface area contributed by atoms with Crippen molar-refractivity contribution in [2.24, 2.45) is 11.3 Å². The molecule has 0 aromatic carbocycles. The molecule has 0 bridgehead atoms. The van der Waals surface area contributed by atoms with Crippen LogP contribution in [0.2, 0.25) is 0 Å². The lowest BCUT2D eigenvalue weighted by Crippen LogP contribution is -2.40. The normalized spacial score (nSPS) is 25.8. The predicted octanol–water partition coefficient (Wildman–Crippen LogP) is 1.42. The molecule has 1 rings (SSSR count). The lowest BCUT2D eigenvalue weighted by Gasteiger charge is -2.30. The molecule has 2 N–H and O–H groups in total. The van der Waals surface area contributed by atoms with Crippen LogP contribution in [0.4, 0.5) is 0 Å². The van der Waals surface area contributed by atoms with Gasteiger partial charge in [0.1, 0.15) is 0 Å². The highest BCUT2D eigenvalue weighted by molar-refractivity contribution is 5.67. The van der Waals surface area contributed by atoms with E-state index < -0.39 is 5.97 Å². The van der Waals surface area contributed by atoms with Gasteiger partial charge in [-0.1, -0.05) is 27.7 Å². The van der Waals surface area contributed by atoms with Crippen LogP contribution in [0.15, 0.2) is 0 Å². The summed E-state index contributed by atoms with van der Waals surface area (Å²) >= 11 is 0. The van der Waals surface area contributed by atoms with Crippen LogP contribution < -0.4 is 5.32 Å². The summed E-state index contributed by atoms with van der Waals surface area (Å²) in [5.74, 6) is -0.0962. The number of carboxylic acids is 1. The average molecular weight is 242 g/mol. The molecule has 0 saturated carbocycles. The van der Waals surface area contributed by atoms with E-state index in [1.165, 1.54) is 0 Å². The number of hydrogen-bond acceptors (Lipinski definition) is 3. The van der Waals surface area contributed by atoms with Gasteiger partial charge in [-0.15, -0.1) is 0 Å². The largest absolute Gasteiger partial charge is 0.481 e. The zero-order valence-corrected chi connectivity index (χ0v) is 11.5. The second-order valence-corrected chi connectivity index (χ2v) is 6.43. The van der Waals surface area contributed by atoms with Crippen molar-refractivity contribution in [3.63, 3.8) is 0 Å². The monoisotopic (exact) mass is 242 g/mol. The molecule has 1 aliphatic rings. The zero-order chi connectivity index (χ0) is 13.1. The second kappa shape index (κ2) is 5.83. The Hall–Kier alpha value is -0.610. The van der Waals surface area contributed by atoms with Crippen LogP contribution in [0.1, 0.15) is 34.1 Å². The fraction of sp³-hybridized carbons (Fsp3) is 0.923. The average Bonchev–Trinajstić information content (AvgIpc) is 2.22. The highest BCUT2D eigenvalue weighted by atomic mass is 16.4. The number of nitrogens with one attached hydrogen (secondary N) is 1. The molecule has 0 spiro atoms. The van der Waals surface area contributed by atoms with Gasteiger partial charge in [-0.2, -0.15) is 0 Å². The van der Waals surface area contributed by atoms with Gasteiger partial charge < -0.3 is 15.3 Å². The van der Waals surface area contributed by atoms with Crippen molar-refractivity contribution in [3.8, 4) is 0 Å². The number of aliphatic carboxylic acids is 1. The summed E-state index contributed by atoms with van der Waals surface area (Å²) in [4.78, 5) is 13.2. The van der Waals surface area contributed by atoms with E-state index in [2.05, 4.69) is 37.9 Å². The van der Waals surface area contributed by atoms with E-state index in [1.807, 2.05) is 0 Å². The van der Waals surface area contributed by atoms with E-state index in [9.17, 15) is 4.79 Å². The van der Waals surface area contributed by atoms with Crippen LogP contribution in [0.5, 0.6) is 0 Å². The van der Waals surface area contributed by atoms with Gasteiger partial charge in [-0.3, -0.25) is 4.79 Å². The first-order valence-electron chi connectivity index (χ1n) is 6.46. The third-order valence-corrected chi connectivity index (χ3v) is 3.04. The molecule has 17 heavy (non-hydrogen) atoms. The number of carboxylic acid groups (broad SMARTS) is 1. The molecule has 1 aliphatic heterocycles. The number of hydrogen-bond donors (Lipinski definition) is 2. The maximum absolute atomic E-state index is 10.8. The number of rotatable bonds is 4. The van der Waals surface area contributed by atoms with Gasteiger partial charge in [0, 0.05) is 32.2 Å². The van der Waals surface area contributed by atoms with Crippen LogP contribution in [-0.4, -0.2) is 48.2 Å². The molecule has 0 amide bonds. The van der Waals surface area contributed by atoms with Crippen LogP contribution in [0, 0.1) is 11.3 Å². The smallest absolute Gasteiger partial charge is 0.304 e. The third-order valence-electron chi connectivity index (χ3n) is 3.04. The lowest BCUT2D eigenvalue weighted by molar-refractivity contribution is -0.137. The zero-order valence-electron chi connectivity index (χ0n) is 11.5. The Morgan fingerprint density at radius 3 is 2.71 bits per heavy atom. The molecule has 1 saturated heterocycles. The maximum atomic E-state index is 10.8. The molecule has 1 atom stereocenters. The summed E-state index contributed by atoms with van der Waals surface area (Å²) in [6, 6.07) is 0.0769. The summed E-state index contributed by atoms with van der Waals surface area (Å²) in [7, 11) is 0. The lowest BCUT2D eigenvalue weighted by atomic mass is 9.93. The number of carbonyl (C=O) groups is 1. The maximum Gasteiger partial charge on any atom is 0.304 e. The molecular weight excluding hydrogens is 216 g/mol. The first kappa shape index (κ1) is 14.5. The van der Waals surface area contributed by atoms with Gasteiger partial charge in [0.2, 0.25) is 0 Å². The SMILES string of the molecule is CC(C)CN1CC(CC(=O)O)NCC(C)(C)C1. The van der Waals surface area contributed by atoms with Gasteiger partial charge in [-0.05, 0) is 11.3 Å². The summed E-state index contributed by atoms with van der Waals surface area (Å²) in [6.07, 6.45) is 0.213. The molecule has 4 heteroatoms. The third kappa shape index (κ3) is 5.50. The fourth-order valence-corrected chi connectivity index (χ4v) is 2.53. The van der Waals surface area contributed by atoms with E-state index in [0.29, 0.717) is 5.92 Å². The Kier molecular flexibility index (Phi) is 4.95. The molecule has 1 heterocycles. The van der Waals surface area contributed by atoms with Crippen molar-refractivity contribution < 1.29 is 9.90 Å². The minimum Gasteiger partial charge on any atom is -0.481 e. The van der Waals surface area contributed by atoms with Gasteiger partial charge in [0.15, 0.2) is 0 Å². The van der Waals surface area contributed by atoms with Crippen LogP contribution in [-0.2, 0) is 4.79 Å². The van der Waals surface area contributed by atoms with Crippen LogP contribution >= 0.6 is 0 Å². The molecule has 0 aromatic rings. The minimum atomic E-state index is -0.716. The second-order valence-electron chi connectivity index (χ2n) is 6.43. The van der Waals surface area contributed by atoms with Gasteiger partial charge in [-0.25, -0.2) is 0 Å². The van der Waals surface area contributed by atoms with Crippen molar-refractivity contribution in [3.05, 3.63) is 0 Å². The van der Waals surface area contributed by atoms with Crippen molar-refractivity contribution in [2.45, 2.75) is 40.2 Å². The Balaban J connectivity index is 2.64. The van der Waals surface area contributed by atoms with Crippen molar-refractivity contribution >= 4 is 5.97 Å². The standard InChI is InChI=1S/C13H26N2O2/c1-10(2)6-15-7-11(5-12(16)17)14-8-13(3,4)9-15/h10-11,14H,5-9H2,1-4H3,(H,16,17). The van der Waals surface area contributed by atoms with E-state index in [4.69, 9.17) is 5.11 Å².